The summed E-state index contributed by atoms with van der Waals surface area (Å²) in [5, 5.41) is 3.03. The molecule has 2 rings (SSSR count). The third-order valence-electron chi connectivity index (χ3n) is 3.75. The van der Waals surface area contributed by atoms with Crippen LogP contribution in [0.3, 0.4) is 0 Å². The van der Waals surface area contributed by atoms with Crippen molar-refractivity contribution >= 4 is 11.7 Å². The molecular weight excluding hydrogens is 224 g/mol. The quantitative estimate of drug-likeness (QED) is 0.846. The fourth-order valence-electron chi connectivity index (χ4n) is 2.59. The van der Waals surface area contributed by atoms with Gasteiger partial charge in [0.05, 0.1) is 0 Å². The first-order chi connectivity index (χ1) is 8.72. The maximum absolute atomic E-state index is 12.3. The second-order valence-electron chi connectivity index (χ2n) is 5.00. The predicted molar refractivity (Wildman–Crippen MR) is 74.8 cm³/mol. The molecule has 1 fully saturated rings. The van der Waals surface area contributed by atoms with Crippen LogP contribution in [0.4, 0.5) is 10.5 Å². The van der Waals surface area contributed by atoms with E-state index in [-0.39, 0.29) is 6.03 Å². The second kappa shape index (κ2) is 5.89. The molecule has 1 aromatic rings. The van der Waals surface area contributed by atoms with Gasteiger partial charge in [-0.3, -0.25) is 0 Å². The standard InChI is InChI=1S/C15H22N2O/c1-3-13-9-6-7-11-17(13)15(18)16-14-10-5-4-8-12(14)2/h4-5,8,10,13H,3,6-7,9,11H2,1-2H3,(H,16,18). The Kier molecular flexibility index (Phi) is 4.24. The molecule has 1 saturated heterocycles. The number of benzene rings is 1. The minimum absolute atomic E-state index is 0.0517. The molecule has 0 aromatic heterocycles. The van der Waals surface area contributed by atoms with Gasteiger partial charge in [-0.05, 0) is 44.2 Å². The summed E-state index contributed by atoms with van der Waals surface area (Å²) >= 11 is 0. The molecular formula is C15H22N2O. The fraction of sp³-hybridized carbons (Fsp3) is 0.533. The lowest BCUT2D eigenvalue weighted by Crippen LogP contribution is -2.45. The Labute approximate surface area is 109 Å². The molecule has 18 heavy (non-hydrogen) atoms. The van der Waals surface area contributed by atoms with Crippen LogP contribution in [0.2, 0.25) is 0 Å². The van der Waals surface area contributed by atoms with Crippen LogP contribution in [0.25, 0.3) is 0 Å². The van der Waals surface area contributed by atoms with Crippen molar-refractivity contribution in [3.05, 3.63) is 29.8 Å². The van der Waals surface area contributed by atoms with E-state index >= 15 is 0 Å². The van der Waals surface area contributed by atoms with E-state index in [4.69, 9.17) is 0 Å². The summed E-state index contributed by atoms with van der Waals surface area (Å²) in [6.45, 7) is 5.06. The summed E-state index contributed by atoms with van der Waals surface area (Å²) in [7, 11) is 0. The Bertz CT molecular complexity index is 417. The van der Waals surface area contributed by atoms with Crippen molar-refractivity contribution in [2.75, 3.05) is 11.9 Å². The fourth-order valence-corrected chi connectivity index (χ4v) is 2.59. The summed E-state index contributed by atoms with van der Waals surface area (Å²) in [6, 6.07) is 8.37. The number of likely N-dealkylation sites (tertiary alicyclic amines) is 1. The van der Waals surface area contributed by atoms with E-state index in [0.29, 0.717) is 6.04 Å². The summed E-state index contributed by atoms with van der Waals surface area (Å²) in [6.07, 6.45) is 4.54. The first-order valence-corrected chi connectivity index (χ1v) is 6.85. The number of hydrogen-bond acceptors (Lipinski definition) is 1. The van der Waals surface area contributed by atoms with Gasteiger partial charge in [0.1, 0.15) is 0 Å². The van der Waals surface area contributed by atoms with E-state index in [2.05, 4.69) is 12.2 Å². The number of anilines is 1. The van der Waals surface area contributed by atoms with E-state index < -0.39 is 0 Å². The lowest BCUT2D eigenvalue weighted by molar-refractivity contribution is 0.160. The number of urea groups is 1. The topological polar surface area (TPSA) is 32.3 Å². The number of carbonyl (C=O) groups excluding carboxylic acids is 1. The normalized spacial score (nSPS) is 19.7. The Morgan fingerprint density at radius 2 is 2.17 bits per heavy atom. The molecule has 1 atom stereocenters. The van der Waals surface area contributed by atoms with E-state index in [1.807, 2.05) is 36.1 Å². The Morgan fingerprint density at radius 1 is 1.39 bits per heavy atom. The van der Waals surface area contributed by atoms with Crippen molar-refractivity contribution in [2.24, 2.45) is 0 Å². The maximum atomic E-state index is 12.3. The zero-order valence-corrected chi connectivity index (χ0v) is 11.3. The van der Waals surface area contributed by atoms with E-state index in [0.717, 1.165) is 37.1 Å². The molecule has 0 aliphatic carbocycles. The zero-order valence-electron chi connectivity index (χ0n) is 11.3. The minimum atomic E-state index is 0.0517. The number of para-hydroxylation sites is 1. The SMILES string of the molecule is CCC1CCCCN1C(=O)Nc1ccccc1C. The van der Waals surface area contributed by atoms with Crippen LogP contribution in [0.15, 0.2) is 24.3 Å². The number of aryl methyl sites for hydroxylation is 1. The Morgan fingerprint density at radius 3 is 2.89 bits per heavy atom. The van der Waals surface area contributed by atoms with Gasteiger partial charge in [-0.15, -0.1) is 0 Å². The highest BCUT2D eigenvalue weighted by Crippen LogP contribution is 2.21. The first-order valence-electron chi connectivity index (χ1n) is 6.85. The molecule has 1 aromatic carbocycles. The second-order valence-corrected chi connectivity index (χ2v) is 5.00. The largest absolute Gasteiger partial charge is 0.322 e. The van der Waals surface area contributed by atoms with Crippen LogP contribution in [-0.2, 0) is 0 Å². The van der Waals surface area contributed by atoms with Crippen molar-refractivity contribution in [1.29, 1.82) is 0 Å². The molecule has 1 unspecified atom stereocenters. The predicted octanol–water partition coefficient (Wildman–Crippen LogP) is 3.79. The van der Waals surface area contributed by atoms with Gasteiger partial charge in [0.25, 0.3) is 0 Å². The molecule has 1 aliphatic heterocycles. The van der Waals surface area contributed by atoms with Crippen molar-refractivity contribution in [1.82, 2.24) is 4.90 Å². The van der Waals surface area contributed by atoms with E-state index in [9.17, 15) is 4.79 Å². The third kappa shape index (κ3) is 2.84. The van der Waals surface area contributed by atoms with Gasteiger partial charge in [0, 0.05) is 18.3 Å². The molecule has 3 heteroatoms. The highest BCUT2D eigenvalue weighted by molar-refractivity contribution is 5.90. The van der Waals surface area contributed by atoms with Gasteiger partial charge in [-0.2, -0.15) is 0 Å². The number of hydrogen-bond donors (Lipinski definition) is 1. The van der Waals surface area contributed by atoms with Crippen molar-refractivity contribution in [3.63, 3.8) is 0 Å². The Balaban J connectivity index is 2.05. The van der Waals surface area contributed by atoms with Crippen LogP contribution < -0.4 is 5.32 Å². The van der Waals surface area contributed by atoms with Gasteiger partial charge < -0.3 is 10.2 Å². The first kappa shape index (κ1) is 12.9. The third-order valence-corrected chi connectivity index (χ3v) is 3.75. The average molecular weight is 246 g/mol. The van der Waals surface area contributed by atoms with Crippen LogP contribution in [0.5, 0.6) is 0 Å². The van der Waals surface area contributed by atoms with Gasteiger partial charge in [-0.25, -0.2) is 4.79 Å². The lowest BCUT2D eigenvalue weighted by atomic mass is 10.0. The summed E-state index contributed by atoms with van der Waals surface area (Å²) in [5.41, 5.74) is 2.03. The van der Waals surface area contributed by atoms with Gasteiger partial charge >= 0.3 is 6.03 Å². The smallest absolute Gasteiger partial charge is 0.322 e. The number of amides is 2. The van der Waals surface area contributed by atoms with E-state index in [1.165, 1.54) is 6.42 Å². The average Bonchev–Trinajstić information content (AvgIpc) is 2.41. The Hall–Kier alpha value is -1.51. The number of nitrogens with zero attached hydrogens (tertiary/aromatic N) is 1. The van der Waals surface area contributed by atoms with E-state index in [1.54, 1.807) is 0 Å². The van der Waals surface area contributed by atoms with Gasteiger partial charge in [0.15, 0.2) is 0 Å². The molecule has 0 radical (unpaired) electrons. The summed E-state index contributed by atoms with van der Waals surface area (Å²) < 4.78 is 0. The number of nitrogens with one attached hydrogen (secondary N) is 1. The molecule has 1 heterocycles. The van der Waals surface area contributed by atoms with Crippen molar-refractivity contribution < 1.29 is 4.79 Å². The molecule has 98 valence electrons. The van der Waals surface area contributed by atoms with Gasteiger partial charge in [-0.1, -0.05) is 25.1 Å². The molecule has 0 spiro atoms. The van der Waals surface area contributed by atoms with Crippen LogP contribution in [0, 0.1) is 6.92 Å². The summed E-state index contributed by atoms with van der Waals surface area (Å²) in [5.74, 6) is 0. The van der Waals surface area contributed by atoms with Crippen LogP contribution >= 0.6 is 0 Å². The maximum Gasteiger partial charge on any atom is 0.322 e. The molecule has 0 bridgehead atoms. The minimum Gasteiger partial charge on any atom is -0.322 e. The molecule has 3 nitrogen and oxygen atoms in total. The lowest BCUT2D eigenvalue weighted by Gasteiger charge is -2.35. The highest BCUT2D eigenvalue weighted by Gasteiger charge is 2.25. The number of piperidine rings is 1. The molecule has 1 N–H and O–H groups in total. The van der Waals surface area contributed by atoms with Crippen molar-refractivity contribution in [2.45, 2.75) is 45.6 Å². The number of rotatable bonds is 2. The highest BCUT2D eigenvalue weighted by atomic mass is 16.2. The molecule has 2 amide bonds. The van der Waals surface area contributed by atoms with Crippen LogP contribution in [0.1, 0.15) is 38.2 Å². The van der Waals surface area contributed by atoms with Gasteiger partial charge in [0.2, 0.25) is 0 Å². The molecule has 0 saturated carbocycles. The molecule has 1 aliphatic rings. The van der Waals surface area contributed by atoms with Crippen molar-refractivity contribution in [3.8, 4) is 0 Å². The summed E-state index contributed by atoms with van der Waals surface area (Å²) in [4.78, 5) is 14.3. The zero-order chi connectivity index (χ0) is 13.0. The monoisotopic (exact) mass is 246 g/mol. The number of carbonyl (C=O) groups is 1. The van der Waals surface area contributed by atoms with Crippen LogP contribution in [-0.4, -0.2) is 23.5 Å².